The molecular formula is C11H14N2O. The summed E-state index contributed by atoms with van der Waals surface area (Å²) >= 11 is 0. The summed E-state index contributed by atoms with van der Waals surface area (Å²) in [7, 11) is 0. The summed E-state index contributed by atoms with van der Waals surface area (Å²) in [5.41, 5.74) is 1.25. The zero-order valence-electron chi connectivity index (χ0n) is 8.23. The largest absolute Gasteiger partial charge is 0.491 e. The van der Waals surface area contributed by atoms with Crippen LogP contribution in [0.15, 0.2) is 29.3 Å². The van der Waals surface area contributed by atoms with Crippen molar-refractivity contribution in [3.8, 4) is 5.75 Å². The lowest BCUT2D eigenvalue weighted by Gasteiger charge is -2.11. The predicted molar refractivity (Wildman–Crippen MR) is 57.0 cm³/mol. The molecule has 0 saturated carbocycles. The van der Waals surface area contributed by atoms with Crippen LogP contribution in [0.25, 0.3) is 0 Å². The van der Waals surface area contributed by atoms with Gasteiger partial charge in [-0.05, 0) is 19.1 Å². The number of nitrogens with zero attached hydrogens (tertiary/aromatic N) is 1. The van der Waals surface area contributed by atoms with E-state index in [1.54, 1.807) is 6.34 Å². The highest BCUT2D eigenvalue weighted by molar-refractivity contribution is 5.57. The maximum atomic E-state index is 5.60. The van der Waals surface area contributed by atoms with Crippen LogP contribution in [0.1, 0.15) is 5.56 Å². The van der Waals surface area contributed by atoms with Gasteiger partial charge in [-0.1, -0.05) is 17.7 Å². The molecule has 0 fully saturated rings. The van der Waals surface area contributed by atoms with Gasteiger partial charge in [0.15, 0.2) is 0 Å². The van der Waals surface area contributed by atoms with E-state index in [2.05, 4.69) is 17.2 Å². The fourth-order valence-electron chi connectivity index (χ4n) is 1.32. The van der Waals surface area contributed by atoms with Crippen molar-refractivity contribution in [3.63, 3.8) is 0 Å². The van der Waals surface area contributed by atoms with Crippen LogP contribution in [-0.4, -0.2) is 25.5 Å². The van der Waals surface area contributed by atoms with Crippen molar-refractivity contribution < 1.29 is 4.74 Å². The molecule has 1 aromatic rings. The van der Waals surface area contributed by atoms with Crippen LogP contribution in [0, 0.1) is 6.92 Å². The molecule has 0 saturated heterocycles. The molecule has 3 heteroatoms. The van der Waals surface area contributed by atoms with Gasteiger partial charge in [0, 0.05) is 0 Å². The van der Waals surface area contributed by atoms with Crippen molar-refractivity contribution in [1.29, 1.82) is 0 Å². The van der Waals surface area contributed by atoms with Crippen LogP contribution in [0.3, 0.4) is 0 Å². The predicted octanol–water partition coefficient (Wildman–Crippen LogP) is 1.37. The maximum Gasteiger partial charge on any atom is 0.119 e. The lowest BCUT2D eigenvalue weighted by molar-refractivity contribution is 0.286. The number of ether oxygens (including phenoxy) is 1. The van der Waals surface area contributed by atoms with E-state index in [9.17, 15) is 0 Å². The van der Waals surface area contributed by atoms with Crippen LogP contribution in [0.5, 0.6) is 5.75 Å². The molecule has 1 atom stereocenters. The second-order valence-electron chi connectivity index (χ2n) is 3.48. The van der Waals surface area contributed by atoms with Crippen molar-refractivity contribution in [1.82, 2.24) is 5.32 Å². The molecule has 74 valence electrons. The molecule has 2 rings (SSSR count). The van der Waals surface area contributed by atoms with E-state index >= 15 is 0 Å². The number of hydrogen-bond donors (Lipinski definition) is 1. The minimum Gasteiger partial charge on any atom is -0.491 e. The highest BCUT2D eigenvalue weighted by Crippen LogP contribution is 2.11. The van der Waals surface area contributed by atoms with E-state index in [0.29, 0.717) is 12.6 Å². The summed E-state index contributed by atoms with van der Waals surface area (Å²) in [5.74, 6) is 0.921. The third-order valence-corrected chi connectivity index (χ3v) is 2.20. The topological polar surface area (TPSA) is 33.6 Å². The number of benzene rings is 1. The van der Waals surface area contributed by atoms with Crippen molar-refractivity contribution in [2.24, 2.45) is 4.99 Å². The summed E-state index contributed by atoms with van der Waals surface area (Å²) in [6, 6.07) is 8.41. The van der Waals surface area contributed by atoms with Crippen molar-refractivity contribution in [2.45, 2.75) is 13.0 Å². The Kier molecular flexibility index (Phi) is 2.68. The highest BCUT2D eigenvalue weighted by atomic mass is 16.5. The lowest BCUT2D eigenvalue weighted by atomic mass is 10.2. The van der Waals surface area contributed by atoms with E-state index < -0.39 is 0 Å². The first-order valence-electron chi connectivity index (χ1n) is 4.78. The van der Waals surface area contributed by atoms with Gasteiger partial charge >= 0.3 is 0 Å². The van der Waals surface area contributed by atoms with Crippen LogP contribution < -0.4 is 10.1 Å². The molecule has 1 aromatic carbocycles. The highest BCUT2D eigenvalue weighted by Gasteiger charge is 2.10. The molecule has 0 radical (unpaired) electrons. The maximum absolute atomic E-state index is 5.60. The first-order valence-corrected chi connectivity index (χ1v) is 4.78. The normalized spacial score (nSPS) is 19.4. The molecular weight excluding hydrogens is 176 g/mol. The molecule has 1 N–H and O–H groups in total. The standard InChI is InChI=1S/C11H14N2O/c1-9-2-4-11(5-3-9)14-7-10-6-12-8-13-10/h2-5,8,10H,6-7H2,1H3,(H,12,13). The zero-order valence-corrected chi connectivity index (χ0v) is 8.23. The average Bonchev–Trinajstić information content (AvgIpc) is 2.70. The zero-order chi connectivity index (χ0) is 9.80. The summed E-state index contributed by atoms with van der Waals surface area (Å²) in [5, 5.41) is 3.12. The minimum atomic E-state index is 0.330. The lowest BCUT2D eigenvalue weighted by Crippen LogP contribution is -2.31. The third kappa shape index (κ3) is 2.25. The van der Waals surface area contributed by atoms with E-state index in [0.717, 1.165) is 12.3 Å². The van der Waals surface area contributed by atoms with Gasteiger partial charge in [-0.3, -0.25) is 4.99 Å². The Morgan fingerprint density at radius 2 is 2.21 bits per heavy atom. The van der Waals surface area contributed by atoms with Gasteiger partial charge in [0.1, 0.15) is 12.4 Å². The van der Waals surface area contributed by atoms with Gasteiger partial charge in [0.05, 0.1) is 18.9 Å². The Balaban J connectivity index is 1.82. The molecule has 1 aliphatic heterocycles. The smallest absolute Gasteiger partial charge is 0.119 e. The van der Waals surface area contributed by atoms with Crippen molar-refractivity contribution >= 4 is 6.34 Å². The fourth-order valence-corrected chi connectivity index (χ4v) is 1.32. The summed E-state index contributed by atoms with van der Waals surface area (Å²) in [6.07, 6.45) is 1.74. The molecule has 0 aromatic heterocycles. The monoisotopic (exact) mass is 190 g/mol. The van der Waals surface area contributed by atoms with Crippen LogP contribution in [0.4, 0.5) is 0 Å². The minimum absolute atomic E-state index is 0.330. The second kappa shape index (κ2) is 4.13. The van der Waals surface area contributed by atoms with Gasteiger partial charge in [0.2, 0.25) is 0 Å². The Morgan fingerprint density at radius 1 is 1.43 bits per heavy atom. The summed E-state index contributed by atoms with van der Waals surface area (Å²) < 4.78 is 5.60. The molecule has 3 nitrogen and oxygen atoms in total. The Bertz CT molecular complexity index is 311. The van der Waals surface area contributed by atoms with Gasteiger partial charge in [-0.2, -0.15) is 0 Å². The van der Waals surface area contributed by atoms with E-state index in [-0.39, 0.29) is 0 Å². The molecule has 1 unspecified atom stereocenters. The first kappa shape index (κ1) is 9.06. The van der Waals surface area contributed by atoms with Crippen molar-refractivity contribution in [2.75, 3.05) is 13.2 Å². The van der Waals surface area contributed by atoms with Gasteiger partial charge in [0.25, 0.3) is 0 Å². The molecule has 0 aliphatic carbocycles. The molecule has 0 spiro atoms. The Labute approximate surface area is 83.8 Å². The quantitative estimate of drug-likeness (QED) is 0.781. The number of aryl methyl sites for hydroxylation is 1. The SMILES string of the molecule is Cc1ccc(OCC2CN=CN2)cc1. The number of hydrogen-bond acceptors (Lipinski definition) is 3. The summed E-state index contributed by atoms with van der Waals surface area (Å²) in [4.78, 5) is 4.08. The fraction of sp³-hybridized carbons (Fsp3) is 0.364. The Hall–Kier alpha value is -1.51. The molecule has 0 bridgehead atoms. The number of aliphatic imine (C=N–C) groups is 1. The van der Waals surface area contributed by atoms with E-state index in [1.165, 1.54) is 5.56 Å². The average molecular weight is 190 g/mol. The van der Waals surface area contributed by atoms with Gasteiger partial charge in [-0.25, -0.2) is 0 Å². The van der Waals surface area contributed by atoms with Crippen LogP contribution in [0.2, 0.25) is 0 Å². The van der Waals surface area contributed by atoms with Crippen LogP contribution in [-0.2, 0) is 0 Å². The van der Waals surface area contributed by atoms with Gasteiger partial charge in [-0.15, -0.1) is 0 Å². The van der Waals surface area contributed by atoms with Crippen LogP contribution >= 0.6 is 0 Å². The molecule has 1 heterocycles. The molecule has 14 heavy (non-hydrogen) atoms. The third-order valence-electron chi connectivity index (χ3n) is 2.20. The number of rotatable bonds is 3. The van der Waals surface area contributed by atoms with Gasteiger partial charge < -0.3 is 10.1 Å². The first-order chi connectivity index (χ1) is 6.84. The van der Waals surface area contributed by atoms with Crippen molar-refractivity contribution in [3.05, 3.63) is 29.8 Å². The van der Waals surface area contributed by atoms with E-state index in [4.69, 9.17) is 4.74 Å². The molecule has 0 amide bonds. The molecule has 1 aliphatic rings. The Morgan fingerprint density at radius 3 is 2.86 bits per heavy atom. The summed E-state index contributed by atoms with van der Waals surface area (Å²) in [6.45, 7) is 3.55. The van der Waals surface area contributed by atoms with E-state index in [1.807, 2.05) is 24.3 Å². The number of nitrogens with one attached hydrogen (secondary N) is 1. The second-order valence-corrected chi connectivity index (χ2v) is 3.48.